The van der Waals surface area contributed by atoms with Gasteiger partial charge >= 0.3 is 0 Å². The molecule has 1 nitrogen and oxygen atoms in total. The van der Waals surface area contributed by atoms with E-state index in [1.807, 2.05) is 13.0 Å². The van der Waals surface area contributed by atoms with Gasteiger partial charge in [-0.1, -0.05) is 6.07 Å². The molecule has 1 heteroatoms. The highest BCUT2D eigenvalue weighted by atomic mass is 16.3. The van der Waals surface area contributed by atoms with Crippen LogP contribution in [0.15, 0.2) is 18.2 Å². The van der Waals surface area contributed by atoms with Crippen LogP contribution in [0.2, 0.25) is 0 Å². The van der Waals surface area contributed by atoms with Crippen molar-refractivity contribution in [2.45, 2.75) is 26.2 Å². The average Bonchev–Trinajstić information content (AvgIpc) is 2.68. The lowest BCUT2D eigenvalue weighted by Gasteiger charge is -2.02. The van der Waals surface area contributed by atoms with Crippen LogP contribution in [-0.4, -0.2) is 5.11 Å². The van der Waals surface area contributed by atoms with Crippen LogP contribution in [0.25, 0.3) is 0 Å². The first-order chi connectivity index (χ1) is 5.74. The summed E-state index contributed by atoms with van der Waals surface area (Å²) in [7, 11) is 0. The highest BCUT2D eigenvalue weighted by Crippen LogP contribution is 2.33. The molecule has 0 heterocycles. The van der Waals surface area contributed by atoms with Crippen molar-refractivity contribution >= 4 is 0 Å². The summed E-state index contributed by atoms with van der Waals surface area (Å²) >= 11 is 0. The molecule has 1 aromatic carbocycles. The summed E-state index contributed by atoms with van der Waals surface area (Å²) < 4.78 is 0. The van der Waals surface area contributed by atoms with Gasteiger partial charge in [-0.2, -0.15) is 0 Å². The Hall–Kier alpha value is -0.980. The molecule has 0 aromatic heterocycles. The van der Waals surface area contributed by atoms with Gasteiger partial charge < -0.3 is 5.11 Å². The van der Waals surface area contributed by atoms with Gasteiger partial charge in [-0.25, -0.2) is 0 Å². The van der Waals surface area contributed by atoms with Gasteiger partial charge in [0.15, 0.2) is 0 Å². The van der Waals surface area contributed by atoms with E-state index in [1.54, 1.807) is 6.07 Å². The number of phenolic OH excluding ortho intramolecular Hbond substituents is 1. The fourth-order valence-electron chi connectivity index (χ4n) is 1.61. The molecular formula is C11H14O. The van der Waals surface area contributed by atoms with E-state index in [-0.39, 0.29) is 0 Å². The Balaban J connectivity index is 2.18. The van der Waals surface area contributed by atoms with E-state index in [1.165, 1.54) is 18.4 Å². The topological polar surface area (TPSA) is 20.2 Å². The van der Waals surface area contributed by atoms with E-state index in [4.69, 9.17) is 0 Å². The molecule has 0 unspecified atom stereocenters. The van der Waals surface area contributed by atoms with E-state index >= 15 is 0 Å². The summed E-state index contributed by atoms with van der Waals surface area (Å²) in [6.07, 6.45) is 3.89. The Morgan fingerprint density at radius 2 is 2.08 bits per heavy atom. The highest BCUT2D eigenvalue weighted by Gasteiger charge is 2.21. The molecule has 64 valence electrons. The lowest BCUT2D eigenvalue weighted by molar-refractivity contribution is 0.474. The van der Waals surface area contributed by atoms with Gasteiger partial charge in [0.05, 0.1) is 0 Å². The van der Waals surface area contributed by atoms with Crippen molar-refractivity contribution in [1.29, 1.82) is 0 Å². The third kappa shape index (κ3) is 1.79. The predicted molar refractivity (Wildman–Crippen MR) is 49.3 cm³/mol. The van der Waals surface area contributed by atoms with Gasteiger partial charge in [0.1, 0.15) is 5.75 Å². The number of aromatic hydroxyl groups is 1. The van der Waals surface area contributed by atoms with Crippen LogP contribution in [0.4, 0.5) is 0 Å². The molecule has 12 heavy (non-hydrogen) atoms. The molecule has 1 saturated carbocycles. The molecule has 0 saturated heterocycles. The zero-order chi connectivity index (χ0) is 8.55. The van der Waals surface area contributed by atoms with E-state index in [0.29, 0.717) is 5.75 Å². The average molecular weight is 162 g/mol. The van der Waals surface area contributed by atoms with E-state index in [9.17, 15) is 5.11 Å². The van der Waals surface area contributed by atoms with Crippen LogP contribution in [0, 0.1) is 12.8 Å². The standard InChI is InChI=1S/C11H14O/c1-8-4-10(6-9-2-3-9)7-11(12)5-8/h4-5,7,9,12H,2-3,6H2,1H3. The number of aryl methyl sites for hydroxylation is 1. The van der Waals surface area contributed by atoms with Crippen molar-refractivity contribution in [2.24, 2.45) is 5.92 Å². The molecule has 0 amide bonds. The molecule has 0 aliphatic heterocycles. The second-order valence-corrected chi connectivity index (χ2v) is 3.82. The van der Waals surface area contributed by atoms with Crippen molar-refractivity contribution in [3.05, 3.63) is 29.3 Å². The first-order valence-corrected chi connectivity index (χ1v) is 4.53. The summed E-state index contributed by atoms with van der Waals surface area (Å²) in [5, 5.41) is 9.33. The normalized spacial score (nSPS) is 16.4. The first-order valence-electron chi connectivity index (χ1n) is 4.53. The summed E-state index contributed by atoms with van der Waals surface area (Å²) in [6, 6.07) is 5.85. The number of benzene rings is 1. The minimum absolute atomic E-state index is 0.408. The molecular weight excluding hydrogens is 148 g/mol. The van der Waals surface area contributed by atoms with Gasteiger partial charge in [-0.05, 0) is 55.4 Å². The zero-order valence-electron chi connectivity index (χ0n) is 7.38. The third-order valence-electron chi connectivity index (χ3n) is 2.34. The summed E-state index contributed by atoms with van der Waals surface area (Å²) in [5.41, 5.74) is 2.45. The number of hydrogen-bond acceptors (Lipinski definition) is 1. The zero-order valence-corrected chi connectivity index (χ0v) is 7.38. The van der Waals surface area contributed by atoms with Crippen LogP contribution in [-0.2, 0) is 6.42 Å². The number of hydrogen-bond donors (Lipinski definition) is 1. The Bertz CT molecular complexity index is 267. The van der Waals surface area contributed by atoms with Crippen LogP contribution >= 0.6 is 0 Å². The Morgan fingerprint density at radius 1 is 1.33 bits per heavy atom. The highest BCUT2D eigenvalue weighted by molar-refractivity contribution is 5.33. The molecule has 0 radical (unpaired) electrons. The number of phenols is 1. The quantitative estimate of drug-likeness (QED) is 0.708. The summed E-state index contributed by atoms with van der Waals surface area (Å²) in [6.45, 7) is 2.02. The Kier molecular flexibility index (Phi) is 1.80. The number of rotatable bonds is 2. The van der Waals surface area contributed by atoms with Crippen LogP contribution in [0.5, 0.6) is 5.75 Å². The van der Waals surface area contributed by atoms with Crippen molar-refractivity contribution in [3.63, 3.8) is 0 Å². The molecule has 1 N–H and O–H groups in total. The summed E-state index contributed by atoms with van der Waals surface area (Å²) in [4.78, 5) is 0. The van der Waals surface area contributed by atoms with Crippen LogP contribution < -0.4 is 0 Å². The molecule has 0 atom stereocenters. The molecule has 0 spiro atoms. The van der Waals surface area contributed by atoms with Crippen molar-refractivity contribution < 1.29 is 5.11 Å². The largest absolute Gasteiger partial charge is 0.508 e. The van der Waals surface area contributed by atoms with Crippen molar-refractivity contribution in [3.8, 4) is 5.75 Å². The Labute approximate surface area is 73.0 Å². The maximum Gasteiger partial charge on any atom is 0.116 e. The maximum atomic E-state index is 9.33. The Morgan fingerprint density at radius 3 is 2.67 bits per heavy atom. The smallest absolute Gasteiger partial charge is 0.116 e. The molecule has 1 aliphatic carbocycles. The predicted octanol–water partition coefficient (Wildman–Crippen LogP) is 2.65. The third-order valence-corrected chi connectivity index (χ3v) is 2.34. The van der Waals surface area contributed by atoms with Crippen LogP contribution in [0.3, 0.4) is 0 Å². The fourth-order valence-corrected chi connectivity index (χ4v) is 1.61. The second-order valence-electron chi connectivity index (χ2n) is 3.82. The maximum absolute atomic E-state index is 9.33. The van der Waals surface area contributed by atoms with Gasteiger partial charge in [-0.3, -0.25) is 0 Å². The second kappa shape index (κ2) is 2.81. The van der Waals surface area contributed by atoms with Crippen LogP contribution in [0.1, 0.15) is 24.0 Å². The monoisotopic (exact) mass is 162 g/mol. The van der Waals surface area contributed by atoms with Crippen molar-refractivity contribution in [2.75, 3.05) is 0 Å². The summed E-state index contributed by atoms with van der Waals surface area (Å²) in [5.74, 6) is 1.30. The first kappa shape index (κ1) is 7.66. The minimum atomic E-state index is 0.408. The molecule has 0 bridgehead atoms. The minimum Gasteiger partial charge on any atom is -0.508 e. The van der Waals surface area contributed by atoms with Gasteiger partial charge in [0, 0.05) is 0 Å². The van der Waals surface area contributed by atoms with E-state index in [0.717, 1.165) is 17.9 Å². The van der Waals surface area contributed by atoms with Gasteiger partial charge in [-0.15, -0.1) is 0 Å². The molecule has 1 aliphatic rings. The molecule has 2 rings (SSSR count). The lowest BCUT2D eigenvalue weighted by Crippen LogP contribution is -1.87. The SMILES string of the molecule is Cc1cc(O)cc(CC2CC2)c1. The molecule has 1 fully saturated rings. The van der Waals surface area contributed by atoms with E-state index in [2.05, 4.69) is 6.07 Å². The fraction of sp³-hybridized carbons (Fsp3) is 0.455. The lowest BCUT2D eigenvalue weighted by atomic mass is 10.1. The van der Waals surface area contributed by atoms with Gasteiger partial charge in [0.25, 0.3) is 0 Å². The van der Waals surface area contributed by atoms with E-state index < -0.39 is 0 Å². The van der Waals surface area contributed by atoms with Gasteiger partial charge in [0.2, 0.25) is 0 Å². The molecule has 1 aromatic rings. The van der Waals surface area contributed by atoms with Crippen molar-refractivity contribution in [1.82, 2.24) is 0 Å².